The molecule has 0 radical (unpaired) electrons. The van der Waals surface area contributed by atoms with E-state index < -0.39 is 10.2 Å². The van der Waals surface area contributed by atoms with Gasteiger partial charge in [0.05, 0.1) is 0 Å². The Hall–Kier alpha value is 0.160. The molecule has 108 valence electrons. The maximum absolute atomic E-state index is 12.4. The lowest BCUT2D eigenvalue weighted by Gasteiger charge is -2.35. The lowest BCUT2D eigenvalue weighted by atomic mass is 10.1. The molecular weight excluding hydrogens is 272 g/mol. The molecule has 0 aromatic carbocycles. The Kier molecular flexibility index (Phi) is 6.92. The van der Waals surface area contributed by atoms with Gasteiger partial charge in [-0.05, 0) is 32.6 Å². The van der Waals surface area contributed by atoms with Crippen molar-refractivity contribution in [3.8, 4) is 0 Å². The highest BCUT2D eigenvalue weighted by atomic mass is 35.5. The fourth-order valence-corrected chi connectivity index (χ4v) is 4.14. The molecule has 1 rings (SSSR count). The average molecular weight is 297 g/mol. The Bertz CT molecular complexity index is 335. The predicted molar refractivity (Wildman–Crippen MR) is 76.1 cm³/mol. The number of hydrogen-bond acceptors (Lipinski definition) is 2. The van der Waals surface area contributed by atoms with Crippen LogP contribution in [0.2, 0.25) is 0 Å². The monoisotopic (exact) mass is 296 g/mol. The van der Waals surface area contributed by atoms with Crippen molar-refractivity contribution in [2.75, 3.05) is 26.0 Å². The molecule has 1 aliphatic heterocycles. The van der Waals surface area contributed by atoms with Gasteiger partial charge in [0, 0.05) is 32.1 Å². The van der Waals surface area contributed by atoms with E-state index in [0.29, 0.717) is 19.0 Å². The molecule has 0 aromatic heterocycles. The third-order valence-corrected chi connectivity index (χ3v) is 5.91. The molecule has 1 unspecified atom stereocenters. The molecule has 6 heteroatoms. The summed E-state index contributed by atoms with van der Waals surface area (Å²) < 4.78 is 27.9. The largest absolute Gasteiger partial charge is 0.281 e. The molecule has 18 heavy (non-hydrogen) atoms. The first-order chi connectivity index (χ1) is 8.50. The van der Waals surface area contributed by atoms with E-state index in [1.807, 2.05) is 6.92 Å². The highest BCUT2D eigenvalue weighted by Crippen LogP contribution is 2.21. The van der Waals surface area contributed by atoms with Gasteiger partial charge in [0.2, 0.25) is 0 Å². The molecule has 0 saturated carbocycles. The molecule has 0 amide bonds. The molecule has 0 N–H and O–H groups in total. The zero-order valence-electron chi connectivity index (χ0n) is 11.4. The van der Waals surface area contributed by atoms with E-state index in [9.17, 15) is 8.42 Å². The third-order valence-electron chi connectivity index (χ3n) is 3.54. The summed E-state index contributed by atoms with van der Waals surface area (Å²) in [6.07, 6.45) is 5.90. The highest BCUT2D eigenvalue weighted by molar-refractivity contribution is 7.86. The lowest BCUT2D eigenvalue weighted by Crippen LogP contribution is -2.48. The van der Waals surface area contributed by atoms with Crippen molar-refractivity contribution in [1.82, 2.24) is 8.61 Å². The van der Waals surface area contributed by atoms with E-state index in [1.54, 1.807) is 11.4 Å². The van der Waals surface area contributed by atoms with E-state index >= 15 is 0 Å². The molecule has 1 aliphatic rings. The van der Waals surface area contributed by atoms with Gasteiger partial charge in [-0.3, -0.25) is 0 Å². The van der Waals surface area contributed by atoms with E-state index in [1.165, 1.54) is 4.31 Å². The number of piperidine rings is 1. The second-order valence-electron chi connectivity index (χ2n) is 5.03. The number of rotatable bonds is 7. The molecule has 0 aliphatic carbocycles. The van der Waals surface area contributed by atoms with E-state index in [4.69, 9.17) is 11.6 Å². The van der Waals surface area contributed by atoms with Crippen LogP contribution in [0.15, 0.2) is 0 Å². The van der Waals surface area contributed by atoms with Crippen LogP contribution < -0.4 is 0 Å². The van der Waals surface area contributed by atoms with Crippen molar-refractivity contribution in [2.24, 2.45) is 0 Å². The van der Waals surface area contributed by atoms with Crippen LogP contribution in [0.4, 0.5) is 0 Å². The van der Waals surface area contributed by atoms with Crippen LogP contribution in [-0.4, -0.2) is 49.1 Å². The maximum Gasteiger partial charge on any atom is 0.281 e. The van der Waals surface area contributed by atoms with Gasteiger partial charge in [-0.2, -0.15) is 17.0 Å². The van der Waals surface area contributed by atoms with Crippen LogP contribution >= 0.6 is 11.6 Å². The quantitative estimate of drug-likeness (QED) is 0.535. The summed E-state index contributed by atoms with van der Waals surface area (Å²) in [5.41, 5.74) is 0. The fourth-order valence-electron chi connectivity index (χ4n) is 2.31. The van der Waals surface area contributed by atoms with Gasteiger partial charge in [0.15, 0.2) is 0 Å². The van der Waals surface area contributed by atoms with Gasteiger partial charge in [0.1, 0.15) is 0 Å². The van der Waals surface area contributed by atoms with Crippen LogP contribution in [-0.2, 0) is 10.2 Å². The second kappa shape index (κ2) is 7.68. The van der Waals surface area contributed by atoms with E-state index in [-0.39, 0.29) is 6.04 Å². The van der Waals surface area contributed by atoms with Crippen molar-refractivity contribution in [2.45, 2.75) is 51.5 Å². The normalized spacial score (nSPS) is 22.6. The Morgan fingerprint density at radius 2 is 2.00 bits per heavy atom. The summed E-state index contributed by atoms with van der Waals surface area (Å²) in [6.45, 7) is 3.25. The van der Waals surface area contributed by atoms with Gasteiger partial charge in [-0.1, -0.05) is 12.8 Å². The molecule has 0 aromatic rings. The van der Waals surface area contributed by atoms with Gasteiger partial charge >= 0.3 is 0 Å². The van der Waals surface area contributed by atoms with Crippen LogP contribution in [0.5, 0.6) is 0 Å². The zero-order chi connectivity index (χ0) is 13.6. The first-order valence-corrected chi connectivity index (χ1v) is 8.72. The third kappa shape index (κ3) is 4.37. The summed E-state index contributed by atoms with van der Waals surface area (Å²) >= 11 is 5.61. The Balaban J connectivity index is 2.50. The standard InChI is InChI=1S/C12H25ClN2O2S/c1-12-8-4-7-11-15(12)18(16,17)14(2)10-6-3-5-9-13/h12H,3-11H2,1-2H3. The summed E-state index contributed by atoms with van der Waals surface area (Å²) in [4.78, 5) is 0. The Morgan fingerprint density at radius 1 is 1.28 bits per heavy atom. The second-order valence-corrected chi connectivity index (χ2v) is 7.40. The first-order valence-electron chi connectivity index (χ1n) is 6.79. The van der Waals surface area contributed by atoms with Crippen molar-refractivity contribution >= 4 is 21.8 Å². The van der Waals surface area contributed by atoms with Crippen molar-refractivity contribution in [1.29, 1.82) is 0 Å². The maximum atomic E-state index is 12.4. The molecule has 1 heterocycles. The van der Waals surface area contributed by atoms with Gasteiger partial charge in [-0.15, -0.1) is 11.6 Å². The van der Waals surface area contributed by atoms with Crippen molar-refractivity contribution in [3.63, 3.8) is 0 Å². The van der Waals surface area contributed by atoms with Crippen LogP contribution in [0.3, 0.4) is 0 Å². The fraction of sp³-hybridized carbons (Fsp3) is 1.00. The molecule has 0 spiro atoms. The number of unbranched alkanes of at least 4 members (excludes halogenated alkanes) is 2. The molecule has 1 saturated heterocycles. The number of hydrogen-bond donors (Lipinski definition) is 0. The van der Waals surface area contributed by atoms with Crippen LogP contribution in [0.1, 0.15) is 45.4 Å². The minimum atomic E-state index is -3.26. The highest BCUT2D eigenvalue weighted by Gasteiger charge is 2.32. The summed E-state index contributed by atoms with van der Waals surface area (Å²) in [5.74, 6) is 0.652. The van der Waals surface area contributed by atoms with Gasteiger partial charge in [-0.25, -0.2) is 0 Å². The van der Waals surface area contributed by atoms with Crippen molar-refractivity contribution < 1.29 is 8.42 Å². The van der Waals surface area contributed by atoms with E-state index in [0.717, 1.165) is 38.5 Å². The minimum absolute atomic E-state index is 0.133. The Morgan fingerprint density at radius 3 is 2.61 bits per heavy atom. The predicted octanol–water partition coefficient (Wildman–Crippen LogP) is 2.45. The SMILES string of the molecule is CC1CCCCN1S(=O)(=O)N(C)CCCCCCl. The number of halogens is 1. The molecule has 4 nitrogen and oxygen atoms in total. The van der Waals surface area contributed by atoms with Gasteiger partial charge < -0.3 is 0 Å². The number of alkyl halides is 1. The number of nitrogens with zero attached hydrogens (tertiary/aromatic N) is 2. The van der Waals surface area contributed by atoms with Crippen molar-refractivity contribution in [3.05, 3.63) is 0 Å². The minimum Gasteiger partial charge on any atom is -0.195 e. The first kappa shape index (κ1) is 16.2. The lowest BCUT2D eigenvalue weighted by molar-refractivity contribution is 0.249. The molecular formula is C12H25ClN2O2S. The average Bonchev–Trinajstić information content (AvgIpc) is 2.34. The van der Waals surface area contributed by atoms with Crippen LogP contribution in [0, 0.1) is 0 Å². The summed E-state index contributed by atoms with van der Waals surface area (Å²) in [7, 11) is -1.59. The van der Waals surface area contributed by atoms with Gasteiger partial charge in [0.25, 0.3) is 10.2 Å². The summed E-state index contributed by atoms with van der Waals surface area (Å²) in [6, 6.07) is 0.133. The topological polar surface area (TPSA) is 40.6 Å². The molecule has 1 atom stereocenters. The molecule has 1 fully saturated rings. The molecule has 0 bridgehead atoms. The zero-order valence-corrected chi connectivity index (χ0v) is 13.0. The smallest absolute Gasteiger partial charge is 0.195 e. The van der Waals surface area contributed by atoms with E-state index in [2.05, 4.69) is 0 Å². The van der Waals surface area contributed by atoms with Crippen LogP contribution in [0.25, 0.3) is 0 Å². The summed E-state index contributed by atoms with van der Waals surface area (Å²) in [5, 5.41) is 0. The Labute approximate surface area is 116 Å².